The van der Waals surface area contributed by atoms with Crippen molar-refractivity contribution in [1.29, 1.82) is 5.26 Å². The minimum atomic E-state index is -0.758. The van der Waals surface area contributed by atoms with Crippen LogP contribution in [0, 0.1) is 18.3 Å². The van der Waals surface area contributed by atoms with Gasteiger partial charge in [0.25, 0.3) is 0 Å². The van der Waals surface area contributed by atoms with Crippen LogP contribution in [0.15, 0.2) is 6.33 Å². The molecule has 58 valence electrons. The molecule has 0 amide bonds. The summed E-state index contributed by atoms with van der Waals surface area (Å²) in [6.07, 6.45) is 0.836. The second-order valence-corrected chi connectivity index (χ2v) is 2.29. The summed E-state index contributed by atoms with van der Waals surface area (Å²) >= 11 is 0. The number of nitriles is 1. The molecule has 0 fully saturated rings. The van der Waals surface area contributed by atoms with E-state index in [1.807, 2.05) is 13.0 Å². The van der Waals surface area contributed by atoms with E-state index < -0.39 is 6.10 Å². The molecule has 4 nitrogen and oxygen atoms in total. The molecule has 1 aromatic rings. The van der Waals surface area contributed by atoms with E-state index in [1.165, 1.54) is 6.33 Å². The van der Waals surface area contributed by atoms with Crippen molar-refractivity contribution in [1.82, 2.24) is 9.97 Å². The van der Waals surface area contributed by atoms with E-state index in [-0.39, 0.29) is 6.42 Å². The van der Waals surface area contributed by atoms with Crippen molar-refractivity contribution >= 4 is 0 Å². The number of hydrogen-bond acceptors (Lipinski definition) is 3. The van der Waals surface area contributed by atoms with E-state index in [1.54, 1.807) is 0 Å². The zero-order valence-corrected chi connectivity index (χ0v) is 6.20. The smallest absolute Gasteiger partial charge is 0.111 e. The normalized spacial score (nSPS) is 12.5. The van der Waals surface area contributed by atoms with Gasteiger partial charge in [-0.25, -0.2) is 4.98 Å². The maximum Gasteiger partial charge on any atom is 0.111 e. The highest BCUT2D eigenvalue weighted by Crippen LogP contribution is 2.15. The van der Waals surface area contributed by atoms with E-state index in [0.29, 0.717) is 5.69 Å². The van der Waals surface area contributed by atoms with Crippen LogP contribution in [0.3, 0.4) is 0 Å². The number of aromatic nitrogens is 2. The summed E-state index contributed by atoms with van der Waals surface area (Å²) < 4.78 is 0. The quantitative estimate of drug-likeness (QED) is 0.652. The molecule has 0 bridgehead atoms. The van der Waals surface area contributed by atoms with Crippen LogP contribution in [0.5, 0.6) is 0 Å². The Morgan fingerprint density at radius 3 is 3.09 bits per heavy atom. The molecular formula is C7H9N3O. The second-order valence-electron chi connectivity index (χ2n) is 2.29. The fourth-order valence-corrected chi connectivity index (χ4v) is 0.889. The van der Waals surface area contributed by atoms with Crippen molar-refractivity contribution in [3.63, 3.8) is 0 Å². The Hall–Kier alpha value is -1.34. The number of imidazole rings is 1. The first-order chi connectivity index (χ1) is 5.25. The maximum absolute atomic E-state index is 9.29. The van der Waals surface area contributed by atoms with Crippen LogP contribution in [0.25, 0.3) is 0 Å². The summed E-state index contributed by atoms with van der Waals surface area (Å²) in [5.74, 6) is 0. The average Bonchev–Trinajstić information content (AvgIpc) is 2.36. The number of rotatable bonds is 2. The van der Waals surface area contributed by atoms with Crippen LogP contribution in [-0.4, -0.2) is 15.1 Å². The number of H-pyrrole nitrogens is 1. The fraction of sp³-hybridized carbons (Fsp3) is 0.429. The van der Waals surface area contributed by atoms with Gasteiger partial charge in [0.1, 0.15) is 6.10 Å². The molecule has 1 heterocycles. The maximum atomic E-state index is 9.29. The zero-order chi connectivity index (χ0) is 8.27. The number of nitrogens with zero attached hydrogens (tertiary/aromatic N) is 2. The molecule has 0 aliphatic rings. The highest BCUT2D eigenvalue weighted by Gasteiger charge is 2.11. The Labute approximate surface area is 64.5 Å². The van der Waals surface area contributed by atoms with Crippen LogP contribution in [0.1, 0.15) is 23.9 Å². The standard InChI is InChI=1S/C7H9N3O/c1-5-7(10-4-9-5)6(11)2-3-8/h4,6,11H,2H2,1H3,(H,9,10). The lowest BCUT2D eigenvalue weighted by Crippen LogP contribution is -1.98. The Morgan fingerprint density at radius 2 is 2.64 bits per heavy atom. The molecule has 1 rings (SSSR count). The van der Waals surface area contributed by atoms with Crippen LogP contribution < -0.4 is 0 Å². The molecular weight excluding hydrogens is 142 g/mol. The van der Waals surface area contributed by atoms with E-state index in [4.69, 9.17) is 5.26 Å². The number of nitrogens with one attached hydrogen (secondary N) is 1. The molecule has 1 aromatic heterocycles. The summed E-state index contributed by atoms with van der Waals surface area (Å²) in [7, 11) is 0. The van der Waals surface area contributed by atoms with Crippen molar-refractivity contribution in [2.45, 2.75) is 19.4 Å². The minimum Gasteiger partial charge on any atom is -0.386 e. The third-order valence-corrected chi connectivity index (χ3v) is 1.47. The minimum absolute atomic E-state index is 0.0890. The van der Waals surface area contributed by atoms with Gasteiger partial charge in [0.05, 0.1) is 24.5 Å². The molecule has 0 saturated heterocycles. The van der Waals surface area contributed by atoms with Gasteiger partial charge in [-0.2, -0.15) is 5.26 Å². The number of aliphatic hydroxyl groups excluding tert-OH is 1. The Kier molecular flexibility index (Phi) is 2.24. The van der Waals surface area contributed by atoms with Gasteiger partial charge >= 0.3 is 0 Å². The molecule has 0 spiro atoms. The van der Waals surface area contributed by atoms with Crippen LogP contribution in [-0.2, 0) is 0 Å². The van der Waals surface area contributed by atoms with Crippen LogP contribution in [0.2, 0.25) is 0 Å². The van der Waals surface area contributed by atoms with Gasteiger partial charge in [0.15, 0.2) is 0 Å². The predicted molar refractivity (Wildman–Crippen MR) is 38.5 cm³/mol. The van der Waals surface area contributed by atoms with Crippen LogP contribution in [0.4, 0.5) is 0 Å². The van der Waals surface area contributed by atoms with E-state index in [0.717, 1.165) is 5.69 Å². The van der Waals surface area contributed by atoms with E-state index in [2.05, 4.69) is 9.97 Å². The Bertz CT molecular complexity index is 273. The molecule has 0 aromatic carbocycles. The number of aryl methyl sites for hydroxylation is 1. The molecule has 2 N–H and O–H groups in total. The third-order valence-electron chi connectivity index (χ3n) is 1.47. The van der Waals surface area contributed by atoms with Crippen molar-refractivity contribution < 1.29 is 5.11 Å². The SMILES string of the molecule is Cc1[nH]cnc1C(O)CC#N. The lowest BCUT2D eigenvalue weighted by atomic mass is 10.2. The topological polar surface area (TPSA) is 72.7 Å². The molecule has 4 heteroatoms. The lowest BCUT2D eigenvalue weighted by Gasteiger charge is -2.02. The summed E-state index contributed by atoms with van der Waals surface area (Å²) in [4.78, 5) is 6.71. The summed E-state index contributed by atoms with van der Waals surface area (Å²) in [6.45, 7) is 1.81. The van der Waals surface area contributed by atoms with Gasteiger partial charge in [-0.1, -0.05) is 0 Å². The molecule has 0 radical (unpaired) electrons. The van der Waals surface area contributed by atoms with Gasteiger partial charge in [0.2, 0.25) is 0 Å². The first-order valence-electron chi connectivity index (χ1n) is 3.30. The van der Waals surface area contributed by atoms with Gasteiger partial charge in [-0.05, 0) is 6.92 Å². The average molecular weight is 151 g/mol. The first kappa shape index (κ1) is 7.76. The third kappa shape index (κ3) is 1.57. The van der Waals surface area contributed by atoms with Crippen LogP contribution >= 0.6 is 0 Å². The van der Waals surface area contributed by atoms with Gasteiger partial charge in [0, 0.05) is 5.69 Å². The van der Waals surface area contributed by atoms with E-state index in [9.17, 15) is 5.11 Å². The molecule has 0 aliphatic carbocycles. The predicted octanol–water partition coefficient (Wildman–Crippen LogP) is 0.665. The van der Waals surface area contributed by atoms with Crippen molar-refractivity contribution in [2.75, 3.05) is 0 Å². The zero-order valence-electron chi connectivity index (χ0n) is 6.20. The molecule has 11 heavy (non-hydrogen) atoms. The Morgan fingerprint density at radius 1 is 1.91 bits per heavy atom. The Balaban J connectivity index is 2.77. The first-order valence-corrected chi connectivity index (χ1v) is 3.30. The van der Waals surface area contributed by atoms with Crippen molar-refractivity contribution in [2.24, 2.45) is 0 Å². The second kappa shape index (κ2) is 3.17. The molecule has 1 unspecified atom stereocenters. The van der Waals surface area contributed by atoms with Gasteiger partial charge in [-0.15, -0.1) is 0 Å². The summed E-state index contributed by atoms with van der Waals surface area (Å²) in [6, 6.07) is 1.88. The molecule has 1 atom stereocenters. The molecule has 0 saturated carbocycles. The highest BCUT2D eigenvalue weighted by atomic mass is 16.3. The number of aliphatic hydroxyl groups is 1. The van der Waals surface area contributed by atoms with Crippen molar-refractivity contribution in [3.8, 4) is 6.07 Å². The number of hydrogen-bond donors (Lipinski definition) is 2. The fourth-order valence-electron chi connectivity index (χ4n) is 0.889. The largest absolute Gasteiger partial charge is 0.386 e. The van der Waals surface area contributed by atoms with Crippen molar-refractivity contribution in [3.05, 3.63) is 17.7 Å². The summed E-state index contributed by atoms with van der Waals surface area (Å²) in [5.41, 5.74) is 1.37. The lowest BCUT2D eigenvalue weighted by molar-refractivity contribution is 0.178. The number of aromatic amines is 1. The highest BCUT2D eigenvalue weighted by molar-refractivity contribution is 5.12. The monoisotopic (exact) mass is 151 g/mol. The summed E-state index contributed by atoms with van der Waals surface area (Å²) in [5, 5.41) is 17.6. The van der Waals surface area contributed by atoms with Gasteiger partial charge < -0.3 is 10.1 Å². The van der Waals surface area contributed by atoms with Gasteiger partial charge in [-0.3, -0.25) is 0 Å². The van der Waals surface area contributed by atoms with E-state index >= 15 is 0 Å². The molecule has 0 aliphatic heterocycles.